The lowest BCUT2D eigenvalue weighted by atomic mass is 10.1. The van der Waals surface area contributed by atoms with Crippen LogP contribution >= 0.6 is 34.5 Å². The van der Waals surface area contributed by atoms with Gasteiger partial charge in [0.1, 0.15) is 5.82 Å². The molecule has 0 atom stereocenters. The average molecular weight is 463 g/mol. The molecule has 1 aromatic carbocycles. The van der Waals surface area contributed by atoms with Gasteiger partial charge < -0.3 is 10.2 Å². The summed E-state index contributed by atoms with van der Waals surface area (Å²) >= 11 is 13.9. The van der Waals surface area contributed by atoms with E-state index >= 15 is 0 Å². The number of hydrogen-bond acceptors (Lipinski definition) is 4. The van der Waals surface area contributed by atoms with Crippen LogP contribution in [0.1, 0.15) is 28.8 Å². The second-order valence-electron chi connectivity index (χ2n) is 7.09. The number of anilines is 1. The van der Waals surface area contributed by atoms with Gasteiger partial charge in [-0.1, -0.05) is 29.3 Å². The fourth-order valence-electron chi connectivity index (χ4n) is 3.42. The lowest BCUT2D eigenvalue weighted by Gasteiger charge is -2.27. The van der Waals surface area contributed by atoms with E-state index in [1.807, 2.05) is 11.0 Å². The third kappa shape index (κ3) is 4.86. The molecule has 3 heterocycles. The quantitative estimate of drug-likeness (QED) is 0.581. The summed E-state index contributed by atoms with van der Waals surface area (Å²) in [5.74, 6) is 0.336. The molecule has 1 aliphatic heterocycles. The predicted octanol–water partition coefficient (Wildman–Crippen LogP) is 4.60. The maximum atomic E-state index is 12.5. The Morgan fingerprint density at radius 1 is 1.17 bits per heavy atom. The first-order valence-corrected chi connectivity index (χ1v) is 11.2. The van der Waals surface area contributed by atoms with E-state index in [4.69, 9.17) is 23.2 Å². The SMILES string of the molecule is O=C(CCC(=O)N1CCc2sccc2C1)Nc1ccnn1Cc1ccc(Cl)cc1Cl. The van der Waals surface area contributed by atoms with Crippen molar-refractivity contribution in [3.8, 4) is 0 Å². The molecule has 4 rings (SSSR count). The number of carbonyl (C=O) groups excluding carboxylic acids is 2. The number of hydrogen-bond donors (Lipinski definition) is 1. The monoisotopic (exact) mass is 462 g/mol. The molecular formula is C21H20Cl2N4O2S. The highest BCUT2D eigenvalue weighted by atomic mass is 35.5. The Morgan fingerprint density at radius 2 is 2.03 bits per heavy atom. The molecule has 0 unspecified atom stereocenters. The van der Waals surface area contributed by atoms with Crippen LogP contribution in [0.3, 0.4) is 0 Å². The van der Waals surface area contributed by atoms with Crippen molar-refractivity contribution in [1.29, 1.82) is 0 Å². The predicted molar refractivity (Wildman–Crippen MR) is 119 cm³/mol. The molecule has 0 fully saturated rings. The van der Waals surface area contributed by atoms with Gasteiger partial charge in [0.2, 0.25) is 11.8 Å². The molecule has 2 amide bonds. The fraction of sp³-hybridized carbons (Fsp3) is 0.286. The molecule has 0 radical (unpaired) electrons. The molecular weight excluding hydrogens is 443 g/mol. The molecule has 6 nitrogen and oxygen atoms in total. The molecule has 1 N–H and O–H groups in total. The Labute approximate surface area is 188 Å². The van der Waals surface area contributed by atoms with Crippen LogP contribution in [-0.4, -0.2) is 33.0 Å². The highest BCUT2D eigenvalue weighted by Crippen LogP contribution is 2.25. The van der Waals surface area contributed by atoms with Crippen LogP contribution in [-0.2, 0) is 29.1 Å². The van der Waals surface area contributed by atoms with Crippen LogP contribution in [0, 0.1) is 0 Å². The largest absolute Gasteiger partial charge is 0.338 e. The lowest BCUT2D eigenvalue weighted by molar-refractivity contribution is -0.133. The molecule has 2 aromatic heterocycles. The van der Waals surface area contributed by atoms with E-state index in [0.717, 1.165) is 12.0 Å². The number of amides is 2. The summed E-state index contributed by atoms with van der Waals surface area (Å²) in [6.45, 7) is 1.74. The van der Waals surface area contributed by atoms with Gasteiger partial charge in [0.15, 0.2) is 0 Å². The van der Waals surface area contributed by atoms with E-state index in [2.05, 4.69) is 21.9 Å². The van der Waals surface area contributed by atoms with Gasteiger partial charge in [-0.05, 0) is 41.1 Å². The molecule has 3 aromatic rings. The van der Waals surface area contributed by atoms with E-state index in [1.165, 1.54) is 10.4 Å². The van der Waals surface area contributed by atoms with Gasteiger partial charge in [0, 0.05) is 46.9 Å². The summed E-state index contributed by atoms with van der Waals surface area (Å²) < 4.78 is 1.65. The number of aromatic nitrogens is 2. The first kappa shape index (κ1) is 20.9. The summed E-state index contributed by atoms with van der Waals surface area (Å²) in [5, 5.41) is 10.2. The normalized spacial score (nSPS) is 13.2. The first-order chi connectivity index (χ1) is 14.5. The highest BCUT2D eigenvalue weighted by Gasteiger charge is 2.22. The average Bonchev–Trinajstić information content (AvgIpc) is 3.37. The van der Waals surface area contributed by atoms with Crippen molar-refractivity contribution in [3.05, 3.63) is 68.0 Å². The zero-order valence-corrected chi connectivity index (χ0v) is 18.4. The Morgan fingerprint density at radius 3 is 2.87 bits per heavy atom. The van der Waals surface area contributed by atoms with Crippen LogP contribution in [0.5, 0.6) is 0 Å². The van der Waals surface area contributed by atoms with Gasteiger partial charge in [0.05, 0.1) is 12.7 Å². The van der Waals surface area contributed by atoms with Gasteiger partial charge in [-0.15, -0.1) is 11.3 Å². The smallest absolute Gasteiger partial charge is 0.226 e. The van der Waals surface area contributed by atoms with E-state index < -0.39 is 0 Å². The summed E-state index contributed by atoms with van der Waals surface area (Å²) in [6.07, 6.45) is 2.80. The molecule has 0 saturated heterocycles. The molecule has 1 aliphatic rings. The Kier molecular flexibility index (Phi) is 6.41. The minimum absolute atomic E-state index is 0.00320. The maximum absolute atomic E-state index is 12.5. The van der Waals surface area contributed by atoms with Gasteiger partial charge in [-0.25, -0.2) is 4.68 Å². The number of benzene rings is 1. The van der Waals surface area contributed by atoms with Crippen molar-refractivity contribution in [1.82, 2.24) is 14.7 Å². The third-order valence-corrected chi connectivity index (χ3v) is 6.66. The lowest BCUT2D eigenvalue weighted by Crippen LogP contribution is -2.35. The Balaban J connectivity index is 1.31. The minimum Gasteiger partial charge on any atom is -0.338 e. The molecule has 0 bridgehead atoms. The Bertz CT molecular complexity index is 1080. The summed E-state index contributed by atoms with van der Waals surface area (Å²) in [6, 6.07) is 9.04. The van der Waals surface area contributed by atoms with Crippen molar-refractivity contribution in [3.63, 3.8) is 0 Å². The number of nitrogens with one attached hydrogen (secondary N) is 1. The second-order valence-corrected chi connectivity index (χ2v) is 8.94. The van der Waals surface area contributed by atoms with E-state index in [1.54, 1.807) is 40.4 Å². The van der Waals surface area contributed by atoms with Crippen LogP contribution in [0.2, 0.25) is 10.0 Å². The van der Waals surface area contributed by atoms with E-state index in [9.17, 15) is 9.59 Å². The molecule has 0 aliphatic carbocycles. The number of carbonyl (C=O) groups is 2. The molecule has 0 saturated carbocycles. The van der Waals surface area contributed by atoms with Gasteiger partial charge in [-0.3, -0.25) is 9.59 Å². The van der Waals surface area contributed by atoms with Crippen LogP contribution < -0.4 is 5.32 Å². The number of halogens is 2. The van der Waals surface area contributed by atoms with Crippen LogP contribution in [0.4, 0.5) is 5.82 Å². The number of thiophene rings is 1. The summed E-state index contributed by atoms with van der Waals surface area (Å²) in [4.78, 5) is 28.1. The van der Waals surface area contributed by atoms with Gasteiger partial charge >= 0.3 is 0 Å². The second kappa shape index (κ2) is 9.20. The summed E-state index contributed by atoms with van der Waals surface area (Å²) in [5.41, 5.74) is 2.06. The van der Waals surface area contributed by atoms with Crippen LogP contribution in [0.15, 0.2) is 41.9 Å². The highest BCUT2D eigenvalue weighted by molar-refractivity contribution is 7.10. The molecule has 156 valence electrons. The number of fused-ring (bicyclic) bond motifs is 1. The number of rotatable bonds is 6. The van der Waals surface area contributed by atoms with Crippen molar-refractivity contribution in [2.75, 3.05) is 11.9 Å². The fourth-order valence-corrected chi connectivity index (χ4v) is 4.78. The van der Waals surface area contributed by atoms with E-state index in [0.29, 0.717) is 35.5 Å². The third-order valence-electron chi connectivity index (χ3n) is 5.05. The van der Waals surface area contributed by atoms with Gasteiger partial charge in [-0.2, -0.15) is 5.10 Å². The van der Waals surface area contributed by atoms with Crippen molar-refractivity contribution >= 4 is 52.2 Å². The Hall–Kier alpha value is -2.35. The topological polar surface area (TPSA) is 67.2 Å². The maximum Gasteiger partial charge on any atom is 0.226 e. The minimum atomic E-state index is -0.222. The van der Waals surface area contributed by atoms with E-state index in [-0.39, 0.29) is 24.7 Å². The van der Waals surface area contributed by atoms with Gasteiger partial charge in [0.25, 0.3) is 0 Å². The zero-order chi connectivity index (χ0) is 21.1. The first-order valence-electron chi connectivity index (χ1n) is 9.58. The number of nitrogens with zero attached hydrogens (tertiary/aromatic N) is 3. The van der Waals surface area contributed by atoms with Crippen molar-refractivity contribution < 1.29 is 9.59 Å². The summed E-state index contributed by atoms with van der Waals surface area (Å²) in [7, 11) is 0. The molecule has 0 spiro atoms. The van der Waals surface area contributed by atoms with Crippen molar-refractivity contribution in [2.45, 2.75) is 32.4 Å². The van der Waals surface area contributed by atoms with Crippen LogP contribution in [0.25, 0.3) is 0 Å². The molecule has 9 heteroatoms. The zero-order valence-electron chi connectivity index (χ0n) is 16.1. The standard InChI is InChI=1S/C21H20Cl2N4O2S/c22-16-2-1-14(17(23)11-16)13-27-19(5-8-24-27)25-20(28)3-4-21(29)26-9-6-18-15(12-26)7-10-30-18/h1-2,5,7-8,10-11H,3-4,6,9,12-13H2,(H,25,28). The van der Waals surface area contributed by atoms with Crippen molar-refractivity contribution in [2.24, 2.45) is 0 Å². The molecule has 30 heavy (non-hydrogen) atoms.